The van der Waals surface area contributed by atoms with Gasteiger partial charge in [-0.1, -0.05) is 387 Å². The number of aliphatic hydroxyl groups excluding tert-OH is 2. The molecule has 642 valence electrons. The van der Waals surface area contributed by atoms with Crippen LogP contribution in [-0.4, -0.2) is 71.6 Å². The van der Waals surface area contributed by atoms with E-state index < -0.39 is 13.6 Å². The van der Waals surface area contributed by atoms with E-state index in [4.69, 9.17) is 40.9 Å². The minimum atomic E-state index is -0.750. The first kappa shape index (κ1) is 172. The van der Waals surface area contributed by atoms with Gasteiger partial charge in [-0.25, -0.2) is 0 Å². The molecule has 23 heteroatoms. The topological polar surface area (TPSA) is 223 Å². The summed E-state index contributed by atoms with van der Waals surface area (Å²) in [5.74, 6) is 2.17. The van der Waals surface area contributed by atoms with Gasteiger partial charge in [-0.15, -0.1) is 0 Å². The zero-order valence-corrected chi connectivity index (χ0v) is 83.1. The van der Waals surface area contributed by atoms with Gasteiger partial charge >= 0.3 is 0 Å². The molecule has 116 heavy (non-hydrogen) atoms. The van der Waals surface area contributed by atoms with E-state index in [1.807, 2.05) is 211 Å². The van der Waals surface area contributed by atoms with Gasteiger partial charge in [0, 0.05) is 228 Å². The van der Waals surface area contributed by atoms with Crippen LogP contribution in [0.3, 0.4) is 0 Å². The van der Waals surface area contributed by atoms with Crippen LogP contribution in [0.15, 0.2) is 292 Å². The zero-order chi connectivity index (χ0) is 73.2. The van der Waals surface area contributed by atoms with Gasteiger partial charge in [-0.05, 0) is 134 Å². The Morgan fingerprint density at radius 3 is 0.750 bits per heavy atom. The van der Waals surface area contributed by atoms with Crippen LogP contribution in [-0.2, 0) is 239 Å². The molecule has 1 saturated carbocycles. The van der Waals surface area contributed by atoms with E-state index in [2.05, 4.69) is 108 Å². The van der Waals surface area contributed by atoms with Crippen LogP contribution < -0.4 is 0 Å². The molecule has 1 fully saturated rings. The van der Waals surface area contributed by atoms with Gasteiger partial charge in [0.25, 0.3) is 0 Å². The van der Waals surface area contributed by atoms with E-state index in [1.54, 1.807) is 60.7 Å². The number of phenolic OH excluding ortho intramolecular Hbond substituents is 5. The summed E-state index contributed by atoms with van der Waals surface area (Å²) in [6.07, 6.45) is 11.5. The summed E-state index contributed by atoms with van der Waals surface area (Å²) < 4.78 is 4.60. The summed E-state index contributed by atoms with van der Waals surface area (Å²) >= 11 is 0. The van der Waals surface area contributed by atoms with Gasteiger partial charge in [0.15, 0.2) is 0 Å². The first-order valence-corrected chi connectivity index (χ1v) is 33.5. The Bertz CT molecular complexity index is 3070. The average Bonchev–Trinajstić information content (AvgIpc) is 0.811. The number of aliphatic hydroxyl groups is 4. The van der Waals surface area contributed by atoms with Crippen molar-refractivity contribution < 1.29 is 279 Å². The standard InChI is InChI=1S/C15H16O.C12H10O.C9H12O.C8H10O.C8H10.C7H8O.C6H12.2C6H6.C4H8O.2C2H6.2CH4O2.6CH4.H2O.12V/c1-15(2,12-6-4-3-5-7-12)13-8-10-14(16)11-9-13;13-12-8-6-11(7-9-12)10-4-2-1-3-5-10;1-7(2)8-3-5-9(10)6-4-8;1-2-7-3-5-8(9)6-4-7;1-7-3-5-8(2)6-4-7;1-6-2-4-7(8)5-3-6;3*1-2-4-6-5-3-1;1-3-5-4-2;2*1-2;2*2-1-3;;;;;;;;;;;;;;;;;;;/h3-11,16H,1-2H3;1-9,13H;3-7,10H,1-2H3;3-6,9H,2H2,1H3;3-6H,1-2H3;2-5,8H,1H3;1-6H2;2*1-6H;3H,1,4H2,2H3;2*1-2H3;2*2-3H,1H2;6*1H4;1H2;;;;;;;;;;;;. The molecule has 1 aliphatic rings. The number of ether oxygens (including phenoxy) is 1. The molecule has 0 spiro atoms. The Hall–Kier alpha value is -2.45. The molecule has 11 N–H and O–H groups in total. The summed E-state index contributed by atoms with van der Waals surface area (Å²) in [5.41, 5.74) is 11.1. The Labute approximate surface area is 850 Å². The summed E-state index contributed by atoms with van der Waals surface area (Å²) in [7, 11) is 0. The first-order valence-electron chi connectivity index (χ1n) is 33.5. The molecule has 0 saturated heterocycles. The largest absolute Gasteiger partial charge is 0.508 e. The van der Waals surface area contributed by atoms with Crippen molar-refractivity contribution in [2.45, 2.75) is 191 Å². The van der Waals surface area contributed by atoms with Crippen molar-refractivity contribution in [3.05, 3.63) is 331 Å². The number of hydrogen-bond donors (Lipinski definition) is 9. The molecule has 0 bridgehead atoms. The number of phenols is 5. The Morgan fingerprint density at radius 2 is 0.526 bits per heavy atom. The van der Waals surface area contributed by atoms with Crippen LogP contribution in [0.2, 0.25) is 0 Å². The fraction of sp³-hybridized carbons (Fsp3) is 0.333. The average molecular weight is 2050 g/mol. The molecule has 12 radical (unpaired) electrons. The fourth-order valence-corrected chi connectivity index (χ4v) is 7.90. The Balaban J connectivity index is -0.0000000416. The summed E-state index contributed by atoms with van der Waals surface area (Å²) in [5, 5.41) is 73.4. The number of aromatic hydroxyl groups is 5. The maximum absolute atomic E-state index is 9.29. The third kappa shape index (κ3) is 102. The third-order valence-corrected chi connectivity index (χ3v) is 13.3. The zero-order valence-electron chi connectivity index (χ0n) is 66.3. The van der Waals surface area contributed by atoms with Crippen molar-refractivity contribution in [2.75, 3.05) is 20.2 Å². The SMILES string of the molecule is C.C.C.C.C.C.C1CCCCC1.C=COCC.CC.CC.CC(C)(c1ccccc1)c1ccc(O)cc1.CC(C)c1ccc(O)cc1.CCc1ccc(O)cc1.Cc1ccc(C)cc1.Cc1ccc(O)cc1.O.OCO.OCO.Oc1ccc(-c2ccccc2)cc1.[V].[V].[V].[V].[V].[V].[V].[V].[V].[V].[V].[V].c1ccccc1.c1ccccc1. The molecule has 0 aliphatic heterocycles. The minimum absolute atomic E-state index is 0. The smallest absolute Gasteiger partial charge is 0.140 e. The van der Waals surface area contributed by atoms with Crippen LogP contribution in [0.5, 0.6) is 28.7 Å². The van der Waals surface area contributed by atoms with E-state index in [9.17, 15) is 5.11 Å². The number of benzene rings is 10. The summed E-state index contributed by atoms with van der Waals surface area (Å²) in [4.78, 5) is 0. The molecule has 10 aromatic rings. The van der Waals surface area contributed by atoms with Gasteiger partial charge in [-0.3, -0.25) is 0 Å². The van der Waals surface area contributed by atoms with Gasteiger partial charge in [0.05, 0.1) is 12.9 Å². The molecule has 11 nitrogen and oxygen atoms in total. The molecule has 0 amide bonds. The molecule has 0 heterocycles. The molecule has 1 aliphatic carbocycles. The van der Waals surface area contributed by atoms with Gasteiger partial charge in [0.2, 0.25) is 0 Å². The van der Waals surface area contributed by atoms with Crippen molar-refractivity contribution >= 4 is 0 Å². The van der Waals surface area contributed by atoms with Crippen molar-refractivity contribution in [3.8, 4) is 39.9 Å². The number of hydrogen-bond acceptors (Lipinski definition) is 10. The Morgan fingerprint density at radius 1 is 0.328 bits per heavy atom. The van der Waals surface area contributed by atoms with Crippen LogP contribution in [0.4, 0.5) is 0 Å². The van der Waals surface area contributed by atoms with Crippen molar-refractivity contribution in [1.29, 1.82) is 0 Å². The number of aryl methyl sites for hydroxylation is 4. The van der Waals surface area contributed by atoms with Gasteiger partial charge in [-0.2, -0.15) is 0 Å². The normalized spacial score (nSPS) is 8.33. The van der Waals surface area contributed by atoms with Crippen LogP contribution in [0, 0.1) is 20.8 Å². The molecular weight excluding hydrogens is 1900 g/mol. The van der Waals surface area contributed by atoms with Crippen LogP contribution in [0.1, 0.15) is 197 Å². The summed E-state index contributed by atoms with van der Waals surface area (Å²) in [6.45, 7) is 29.4. The van der Waals surface area contributed by atoms with E-state index in [-0.39, 0.29) is 278 Å². The molecule has 0 unspecified atom stereocenters. The van der Waals surface area contributed by atoms with E-state index in [1.165, 1.54) is 89.3 Å². The molecule has 0 atom stereocenters. The predicted molar refractivity (Wildman–Crippen MR) is 456 cm³/mol. The van der Waals surface area contributed by atoms with E-state index >= 15 is 0 Å². The maximum Gasteiger partial charge on any atom is 0.140 e. The Kier molecular flexibility index (Phi) is 183. The maximum atomic E-state index is 9.29. The monoisotopic (exact) mass is 2050 g/mol. The quantitative estimate of drug-likeness (QED) is 0.0542. The van der Waals surface area contributed by atoms with Crippen molar-refractivity contribution in [2.24, 2.45) is 0 Å². The summed E-state index contributed by atoms with van der Waals surface area (Å²) in [6, 6.07) is 89.3. The van der Waals surface area contributed by atoms with E-state index in [0.717, 1.165) is 18.6 Å². The second-order valence-corrected chi connectivity index (χ2v) is 21.5. The van der Waals surface area contributed by atoms with Crippen molar-refractivity contribution in [1.82, 2.24) is 0 Å². The molecule has 11 rings (SSSR count). The third-order valence-electron chi connectivity index (χ3n) is 13.3. The van der Waals surface area contributed by atoms with E-state index in [0.29, 0.717) is 34.7 Å². The molecule has 0 aromatic heterocycles. The minimum Gasteiger partial charge on any atom is -0.508 e. The van der Waals surface area contributed by atoms with Crippen LogP contribution >= 0.6 is 0 Å². The number of rotatable bonds is 7. The molecule has 10 aromatic carbocycles. The fourth-order valence-electron chi connectivity index (χ4n) is 7.90. The second kappa shape index (κ2) is 123. The van der Waals surface area contributed by atoms with Gasteiger partial charge in [0.1, 0.15) is 42.3 Å². The second-order valence-electron chi connectivity index (χ2n) is 21.5. The molecular formula is C93H144O11V12. The van der Waals surface area contributed by atoms with Crippen LogP contribution in [0.25, 0.3) is 11.1 Å². The van der Waals surface area contributed by atoms with Gasteiger partial charge < -0.3 is 56.2 Å². The predicted octanol–water partition coefficient (Wildman–Crippen LogP) is 25.0. The van der Waals surface area contributed by atoms with Crippen molar-refractivity contribution in [3.63, 3.8) is 0 Å². The first-order chi connectivity index (χ1) is 46.8.